The molecule has 6 heteroatoms. The fourth-order valence-corrected chi connectivity index (χ4v) is 5.07. The summed E-state index contributed by atoms with van der Waals surface area (Å²) in [6, 6.07) is 20.3. The van der Waals surface area contributed by atoms with Gasteiger partial charge in [0.25, 0.3) is 5.91 Å². The summed E-state index contributed by atoms with van der Waals surface area (Å²) in [6.07, 6.45) is 2.96. The van der Waals surface area contributed by atoms with E-state index in [-0.39, 0.29) is 5.91 Å². The van der Waals surface area contributed by atoms with Crippen LogP contribution in [-0.4, -0.2) is 40.8 Å². The zero-order valence-electron chi connectivity index (χ0n) is 19.5. The quantitative estimate of drug-likeness (QED) is 0.413. The summed E-state index contributed by atoms with van der Waals surface area (Å²) < 4.78 is 7.51. The molecule has 1 aliphatic rings. The van der Waals surface area contributed by atoms with E-state index in [1.54, 1.807) is 12.0 Å². The van der Waals surface area contributed by atoms with Crippen LogP contribution in [0.15, 0.2) is 70.6 Å². The molecular formula is C27H29N3O2S. The first-order valence-electron chi connectivity index (χ1n) is 11.1. The van der Waals surface area contributed by atoms with Crippen LogP contribution >= 0.6 is 11.8 Å². The van der Waals surface area contributed by atoms with E-state index in [1.165, 1.54) is 23.0 Å². The third kappa shape index (κ3) is 4.82. The Hall–Kier alpha value is -3.09. The average Bonchev–Trinajstić information content (AvgIpc) is 3.27. The van der Waals surface area contributed by atoms with E-state index < -0.39 is 0 Å². The maximum atomic E-state index is 13.3. The number of nitrogens with zero attached hydrogens (tertiary/aromatic N) is 3. The Bertz CT molecular complexity index is 1210. The molecule has 2 aromatic carbocycles. The molecule has 0 bridgehead atoms. The van der Waals surface area contributed by atoms with Crippen LogP contribution < -0.4 is 0 Å². The summed E-state index contributed by atoms with van der Waals surface area (Å²) in [4.78, 5) is 20.4. The molecule has 0 atom stereocenters. The summed E-state index contributed by atoms with van der Waals surface area (Å²) in [5, 5.41) is 0.680. The first-order chi connectivity index (χ1) is 16.0. The summed E-state index contributed by atoms with van der Waals surface area (Å²) in [5.41, 5.74) is 6.62. The molecule has 5 nitrogen and oxygen atoms in total. The number of ether oxygens (including phenoxy) is 1. The van der Waals surface area contributed by atoms with E-state index >= 15 is 0 Å². The third-order valence-electron chi connectivity index (χ3n) is 5.76. The van der Waals surface area contributed by atoms with Crippen molar-refractivity contribution >= 4 is 34.6 Å². The normalized spacial score (nSPS) is 16.4. The number of para-hydroxylation sites is 2. The number of rotatable bonds is 7. The van der Waals surface area contributed by atoms with Crippen molar-refractivity contribution in [1.82, 2.24) is 9.47 Å². The van der Waals surface area contributed by atoms with Crippen LogP contribution in [0.25, 0.3) is 11.8 Å². The minimum Gasteiger partial charge on any atom is -0.383 e. The SMILES string of the molecule is CCc1ccccc1-n1c(C)cc(/C=C2\SC(=Nc3ccccc3)N(CCOC)C2=O)c1C. The van der Waals surface area contributed by atoms with E-state index in [1.807, 2.05) is 36.4 Å². The van der Waals surface area contributed by atoms with Crippen molar-refractivity contribution in [3.05, 3.63) is 88.1 Å². The number of amidine groups is 1. The Kier molecular flexibility index (Phi) is 7.16. The monoisotopic (exact) mass is 459 g/mol. The van der Waals surface area contributed by atoms with E-state index in [2.05, 4.69) is 55.7 Å². The summed E-state index contributed by atoms with van der Waals surface area (Å²) in [6.45, 7) is 7.31. The predicted octanol–water partition coefficient (Wildman–Crippen LogP) is 5.91. The van der Waals surface area contributed by atoms with Gasteiger partial charge in [0.15, 0.2) is 5.17 Å². The molecule has 1 aliphatic heterocycles. The third-order valence-corrected chi connectivity index (χ3v) is 6.76. The number of methoxy groups -OCH3 is 1. The van der Waals surface area contributed by atoms with Crippen LogP contribution in [-0.2, 0) is 16.0 Å². The molecular weight excluding hydrogens is 430 g/mol. The molecule has 0 unspecified atom stereocenters. The van der Waals surface area contributed by atoms with Gasteiger partial charge in [-0.3, -0.25) is 9.69 Å². The number of aryl methyl sites for hydroxylation is 2. The smallest absolute Gasteiger partial charge is 0.266 e. The molecule has 0 aliphatic carbocycles. The molecule has 4 rings (SSSR count). The van der Waals surface area contributed by atoms with Crippen molar-refractivity contribution in [2.75, 3.05) is 20.3 Å². The molecule has 0 saturated carbocycles. The van der Waals surface area contributed by atoms with Gasteiger partial charge in [0.1, 0.15) is 0 Å². The van der Waals surface area contributed by atoms with Gasteiger partial charge < -0.3 is 9.30 Å². The Morgan fingerprint density at radius 1 is 1.06 bits per heavy atom. The topological polar surface area (TPSA) is 46.8 Å². The van der Waals surface area contributed by atoms with Gasteiger partial charge in [-0.25, -0.2) is 4.99 Å². The molecule has 3 aromatic rings. The number of aromatic nitrogens is 1. The predicted molar refractivity (Wildman–Crippen MR) is 137 cm³/mol. The Labute approximate surface area is 199 Å². The standard InChI is InChI=1S/C27H29N3O2S/c1-5-21-11-9-10-14-24(21)30-19(2)17-22(20(30)3)18-25-26(31)29(15-16-32-4)27(33-25)28-23-12-7-6-8-13-23/h6-14,17-18H,5,15-16H2,1-4H3/b25-18-,28-27?. The zero-order valence-corrected chi connectivity index (χ0v) is 20.4. The Balaban J connectivity index is 1.72. The van der Waals surface area contributed by atoms with Crippen LogP contribution in [0.3, 0.4) is 0 Å². The van der Waals surface area contributed by atoms with Crippen LogP contribution in [0.1, 0.15) is 29.4 Å². The number of carbonyl (C=O) groups is 1. The fourth-order valence-electron chi connectivity index (χ4n) is 4.06. The summed E-state index contributed by atoms with van der Waals surface area (Å²) in [7, 11) is 1.64. The minimum atomic E-state index is -0.0366. The molecule has 0 N–H and O–H groups in total. The lowest BCUT2D eigenvalue weighted by Crippen LogP contribution is -2.32. The van der Waals surface area contributed by atoms with Crippen molar-refractivity contribution in [3.8, 4) is 5.69 Å². The van der Waals surface area contributed by atoms with Crippen molar-refractivity contribution in [1.29, 1.82) is 0 Å². The molecule has 1 fully saturated rings. The number of aliphatic imine (C=N–C) groups is 1. The van der Waals surface area contributed by atoms with Gasteiger partial charge in [0.2, 0.25) is 0 Å². The second kappa shape index (κ2) is 10.2. The number of benzene rings is 2. The first-order valence-corrected chi connectivity index (χ1v) is 12.0. The Morgan fingerprint density at radius 2 is 1.79 bits per heavy atom. The minimum absolute atomic E-state index is 0.0366. The maximum Gasteiger partial charge on any atom is 0.266 e. The molecule has 0 spiro atoms. The average molecular weight is 460 g/mol. The highest BCUT2D eigenvalue weighted by Gasteiger charge is 2.33. The second-order valence-electron chi connectivity index (χ2n) is 7.93. The van der Waals surface area contributed by atoms with Gasteiger partial charge in [-0.2, -0.15) is 0 Å². The zero-order chi connectivity index (χ0) is 23.4. The number of carbonyl (C=O) groups excluding carboxylic acids is 1. The molecule has 170 valence electrons. The highest BCUT2D eigenvalue weighted by atomic mass is 32.2. The molecule has 2 heterocycles. The van der Waals surface area contributed by atoms with Gasteiger partial charge in [0.05, 0.1) is 23.7 Å². The van der Waals surface area contributed by atoms with Gasteiger partial charge in [-0.1, -0.05) is 43.3 Å². The molecule has 1 aromatic heterocycles. The Morgan fingerprint density at radius 3 is 2.52 bits per heavy atom. The van der Waals surface area contributed by atoms with Crippen LogP contribution in [0, 0.1) is 13.8 Å². The van der Waals surface area contributed by atoms with Gasteiger partial charge in [-0.15, -0.1) is 0 Å². The van der Waals surface area contributed by atoms with Gasteiger partial charge in [-0.05, 0) is 73.5 Å². The van der Waals surface area contributed by atoms with E-state index in [9.17, 15) is 4.79 Å². The summed E-state index contributed by atoms with van der Waals surface area (Å²) >= 11 is 1.42. The van der Waals surface area contributed by atoms with Crippen LogP contribution in [0.5, 0.6) is 0 Å². The van der Waals surface area contributed by atoms with E-state index in [0.717, 1.165) is 29.1 Å². The van der Waals surface area contributed by atoms with Gasteiger partial charge >= 0.3 is 0 Å². The number of thioether (sulfide) groups is 1. The highest BCUT2D eigenvalue weighted by molar-refractivity contribution is 8.18. The maximum absolute atomic E-state index is 13.3. The van der Waals surface area contributed by atoms with E-state index in [0.29, 0.717) is 23.2 Å². The van der Waals surface area contributed by atoms with Crippen LogP contribution in [0.4, 0.5) is 5.69 Å². The van der Waals surface area contributed by atoms with Crippen molar-refractivity contribution in [3.63, 3.8) is 0 Å². The lowest BCUT2D eigenvalue weighted by molar-refractivity contribution is -0.122. The lowest BCUT2D eigenvalue weighted by Gasteiger charge is -2.14. The highest BCUT2D eigenvalue weighted by Crippen LogP contribution is 2.35. The van der Waals surface area contributed by atoms with Crippen molar-refractivity contribution in [2.45, 2.75) is 27.2 Å². The lowest BCUT2D eigenvalue weighted by atomic mass is 10.1. The largest absolute Gasteiger partial charge is 0.383 e. The first kappa shape index (κ1) is 23.1. The van der Waals surface area contributed by atoms with Crippen LogP contribution in [0.2, 0.25) is 0 Å². The van der Waals surface area contributed by atoms with Gasteiger partial charge in [0, 0.05) is 24.2 Å². The summed E-state index contributed by atoms with van der Waals surface area (Å²) in [5.74, 6) is -0.0366. The second-order valence-corrected chi connectivity index (χ2v) is 8.94. The fraction of sp³-hybridized carbons (Fsp3) is 0.259. The van der Waals surface area contributed by atoms with Crippen molar-refractivity contribution in [2.24, 2.45) is 4.99 Å². The number of hydrogen-bond acceptors (Lipinski definition) is 4. The molecule has 0 radical (unpaired) electrons. The number of hydrogen-bond donors (Lipinski definition) is 0. The molecule has 1 saturated heterocycles. The number of amides is 1. The molecule has 33 heavy (non-hydrogen) atoms. The molecule has 1 amide bonds. The van der Waals surface area contributed by atoms with E-state index in [4.69, 9.17) is 9.73 Å². The van der Waals surface area contributed by atoms with Crippen molar-refractivity contribution < 1.29 is 9.53 Å².